The Labute approximate surface area is 152 Å². The molecule has 0 aliphatic rings. The van der Waals surface area contributed by atoms with Crippen molar-refractivity contribution in [2.75, 3.05) is 5.32 Å². The number of carbonyl (C=O) groups excluding carboxylic acids is 1. The van der Waals surface area contributed by atoms with Crippen LogP contribution in [0.5, 0.6) is 5.88 Å². The number of anilines is 2. The monoisotopic (exact) mass is 360 g/mol. The van der Waals surface area contributed by atoms with E-state index >= 15 is 0 Å². The van der Waals surface area contributed by atoms with Gasteiger partial charge in [0, 0.05) is 22.8 Å². The largest absolute Gasteiger partial charge is 0.492 e. The first kappa shape index (κ1) is 15.9. The van der Waals surface area contributed by atoms with Gasteiger partial charge in [0.1, 0.15) is 11.1 Å². The van der Waals surface area contributed by atoms with Gasteiger partial charge in [0.25, 0.3) is 5.91 Å². The Hall–Kier alpha value is -3.63. The fraction of sp³-hybridized carbons (Fsp3) is 0. The molecule has 0 bridgehead atoms. The molecular weight excluding hydrogens is 348 g/mol. The Morgan fingerprint density at radius 2 is 2.04 bits per heavy atom. The fourth-order valence-corrected chi connectivity index (χ4v) is 3.39. The van der Waals surface area contributed by atoms with E-state index in [1.807, 2.05) is 36.4 Å². The second-order valence-electron chi connectivity index (χ2n) is 5.58. The molecule has 0 aliphatic heterocycles. The Kier molecular flexibility index (Phi) is 3.88. The lowest BCUT2D eigenvalue weighted by Crippen LogP contribution is -2.10. The van der Waals surface area contributed by atoms with Gasteiger partial charge in [-0.25, -0.2) is 0 Å². The van der Waals surface area contributed by atoms with E-state index in [0.29, 0.717) is 16.3 Å². The number of aromatic nitrogens is 2. The first-order chi connectivity index (χ1) is 12.7. The Morgan fingerprint density at radius 3 is 2.88 bits per heavy atom. The number of nitrogens with zero attached hydrogens (tertiary/aromatic N) is 3. The molecule has 2 heterocycles. The zero-order valence-electron chi connectivity index (χ0n) is 13.4. The van der Waals surface area contributed by atoms with Crippen LogP contribution in [-0.4, -0.2) is 20.0 Å². The van der Waals surface area contributed by atoms with Crippen molar-refractivity contribution in [3.63, 3.8) is 0 Å². The first-order valence-corrected chi connectivity index (χ1v) is 8.51. The summed E-state index contributed by atoms with van der Waals surface area (Å²) >= 11 is 0.986. The van der Waals surface area contributed by atoms with Crippen LogP contribution in [0.25, 0.3) is 10.9 Å². The molecule has 0 fully saturated rings. The molecule has 0 aliphatic carbocycles. The molecule has 0 saturated carbocycles. The predicted octanol–water partition coefficient (Wildman–Crippen LogP) is 4.11. The topological polar surface area (TPSA) is 90.9 Å². The molecule has 26 heavy (non-hydrogen) atoms. The lowest BCUT2D eigenvalue weighted by molar-refractivity contribution is 0.0965. The van der Waals surface area contributed by atoms with Gasteiger partial charge in [-0.1, -0.05) is 24.3 Å². The van der Waals surface area contributed by atoms with E-state index in [1.165, 1.54) is 0 Å². The third-order valence-corrected chi connectivity index (χ3v) is 4.72. The van der Waals surface area contributed by atoms with Gasteiger partial charge < -0.3 is 10.4 Å². The highest BCUT2D eigenvalue weighted by Gasteiger charge is 2.15. The maximum atomic E-state index is 12.9. The normalized spacial score (nSPS) is 10.6. The summed E-state index contributed by atoms with van der Waals surface area (Å²) in [6.07, 6.45) is 1.75. The molecule has 2 N–H and O–H groups in total. The van der Waals surface area contributed by atoms with Gasteiger partial charge in [0.15, 0.2) is 5.56 Å². The summed E-state index contributed by atoms with van der Waals surface area (Å²) in [6.45, 7) is 0. The van der Waals surface area contributed by atoms with Gasteiger partial charge in [-0.2, -0.15) is 9.64 Å². The van der Waals surface area contributed by atoms with Gasteiger partial charge in [-0.3, -0.25) is 9.36 Å². The van der Waals surface area contributed by atoms with E-state index in [4.69, 9.17) is 5.26 Å². The van der Waals surface area contributed by atoms with Crippen LogP contribution in [0.3, 0.4) is 0 Å². The van der Waals surface area contributed by atoms with Gasteiger partial charge in [-0.05, 0) is 41.9 Å². The summed E-state index contributed by atoms with van der Waals surface area (Å²) in [7, 11) is 0. The van der Waals surface area contributed by atoms with Crippen LogP contribution in [0.4, 0.5) is 10.7 Å². The summed E-state index contributed by atoms with van der Waals surface area (Å²) in [6, 6.07) is 18.5. The SMILES string of the molecule is N#Cc1c(O)nsc1Nc1cccc(C(=O)n2ccc3ccccc32)c1. The molecule has 0 spiro atoms. The van der Waals surface area contributed by atoms with Crippen molar-refractivity contribution in [3.8, 4) is 11.9 Å². The molecule has 126 valence electrons. The number of fused-ring (bicyclic) bond motifs is 1. The van der Waals surface area contributed by atoms with Crippen molar-refractivity contribution in [3.05, 3.63) is 71.9 Å². The number of rotatable bonds is 3. The van der Waals surface area contributed by atoms with Crippen molar-refractivity contribution in [1.82, 2.24) is 8.94 Å². The lowest BCUT2D eigenvalue weighted by Gasteiger charge is -2.08. The van der Waals surface area contributed by atoms with E-state index < -0.39 is 0 Å². The molecule has 4 rings (SSSR count). The number of hydrogen-bond acceptors (Lipinski definition) is 6. The molecule has 7 heteroatoms. The van der Waals surface area contributed by atoms with Crippen molar-refractivity contribution in [1.29, 1.82) is 5.26 Å². The van der Waals surface area contributed by atoms with E-state index in [1.54, 1.807) is 35.0 Å². The van der Waals surface area contributed by atoms with Crippen LogP contribution in [-0.2, 0) is 0 Å². The minimum absolute atomic E-state index is 0.0862. The number of carbonyl (C=O) groups is 1. The molecule has 6 nitrogen and oxygen atoms in total. The molecule has 0 radical (unpaired) electrons. The third kappa shape index (κ3) is 2.68. The molecule has 4 aromatic rings. The summed E-state index contributed by atoms with van der Waals surface area (Å²) in [4.78, 5) is 12.9. The Bertz CT molecular complexity index is 1170. The highest BCUT2D eigenvalue weighted by Crippen LogP contribution is 2.31. The molecule has 0 saturated heterocycles. The van der Waals surface area contributed by atoms with Crippen LogP contribution >= 0.6 is 11.5 Å². The molecule has 0 amide bonds. The zero-order chi connectivity index (χ0) is 18.1. The minimum Gasteiger partial charge on any atom is -0.492 e. The lowest BCUT2D eigenvalue weighted by atomic mass is 10.2. The molecule has 2 aromatic carbocycles. The Morgan fingerprint density at radius 1 is 1.19 bits per heavy atom. The Balaban J connectivity index is 1.67. The van der Waals surface area contributed by atoms with Crippen LogP contribution in [0.15, 0.2) is 60.8 Å². The predicted molar refractivity (Wildman–Crippen MR) is 99.9 cm³/mol. The van der Waals surface area contributed by atoms with E-state index in [9.17, 15) is 9.90 Å². The number of aromatic hydroxyl groups is 1. The fourth-order valence-electron chi connectivity index (χ4n) is 2.73. The van der Waals surface area contributed by atoms with Crippen molar-refractivity contribution in [2.24, 2.45) is 0 Å². The van der Waals surface area contributed by atoms with Gasteiger partial charge in [0.2, 0.25) is 5.88 Å². The highest BCUT2D eigenvalue weighted by atomic mass is 32.1. The minimum atomic E-state index is -0.300. The molecular formula is C19H12N4O2S. The van der Waals surface area contributed by atoms with E-state index in [0.717, 1.165) is 22.4 Å². The van der Waals surface area contributed by atoms with Crippen LogP contribution < -0.4 is 5.32 Å². The number of hydrogen-bond donors (Lipinski definition) is 2. The third-order valence-electron chi connectivity index (χ3n) is 3.97. The average Bonchev–Trinajstić information content (AvgIpc) is 3.25. The van der Waals surface area contributed by atoms with Gasteiger partial charge in [-0.15, -0.1) is 0 Å². The molecule has 2 aromatic heterocycles. The maximum absolute atomic E-state index is 12.9. The van der Waals surface area contributed by atoms with Crippen molar-refractivity contribution in [2.45, 2.75) is 0 Å². The standard InChI is InChI=1S/C19H12N4O2S/c20-11-15-17(24)22-26-18(15)21-14-6-3-5-13(10-14)19(25)23-9-8-12-4-1-2-7-16(12)23/h1-10,21H,(H,22,24). The number of benzene rings is 2. The number of nitrogens with one attached hydrogen (secondary N) is 1. The van der Waals surface area contributed by atoms with E-state index in [2.05, 4.69) is 9.69 Å². The van der Waals surface area contributed by atoms with Crippen molar-refractivity contribution < 1.29 is 9.90 Å². The smallest absolute Gasteiger partial charge is 0.262 e. The van der Waals surface area contributed by atoms with Crippen LogP contribution in [0.1, 0.15) is 15.9 Å². The summed E-state index contributed by atoms with van der Waals surface area (Å²) < 4.78 is 5.36. The molecule has 0 unspecified atom stereocenters. The van der Waals surface area contributed by atoms with E-state index in [-0.39, 0.29) is 17.4 Å². The summed E-state index contributed by atoms with van der Waals surface area (Å²) in [5.41, 5.74) is 2.06. The van der Waals surface area contributed by atoms with Crippen LogP contribution in [0.2, 0.25) is 0 Å². The van der Waals surface area contributed by atoms with Crippen molar-refractivity contribution >= 4 is 39.0 Å². The maximum Gasteiger partial charge on any atom is 0.262 e. The second-order valence-corrected chi connectivity index (χ2v) is 6.35. The van der Waals surface area contributed by atoms with Gasteiger partial charge in [0.05, 0.1) is 5.52 Å². The summed E-state index contributed by atoms with van der Waals surface area (Å²) in [5.74, 6) is -0.450. The average molecular weight is 360 g/mol. The van der Waals surface area contributed by atoms with Gasteiger partial charge >= 0.3 is 0 Å². The first-order valence-electron chi connectivity index (χ1n) is 7.74. The number of nitriles is 1. The van der Waals surface area contributed by atoms with Crippen LogP contribution in [0, 0.1) is 11.3 Å². The summed E-state index contributed by atoms with van der Waals surface area (Å²) in [5, 5.41) is 23.1. The zero-order valence-corrected chi connectivity index (χ0v) is 14.2. The number of para-hydroxylation sites is 1. The highest BCUT2D eigenvalue weighted by molar-refractivity contribution is 7.10. The quantitative estimate of drug-likeness (QED) is 0.574. The second kappa shape index (κ2) is 6.35. The molecule has 0 atom stereocenters.